The van der Waals surface area contributed by atoms with Gasteiger partial charge in [-0.1, -0.05) is 41.5 Å². The van der Waals surface area contributed by atoms with Crippen molar-refractivity contribution in [3.63, 3.8) is 0 Å². The summed E-state index contributed by atoms with van der Waals surface area (Å²) >= 11 is 0. The van der Waals surface area contributed by atoms with Crippen molar-refractivity contribution in [2.45, 2.75) is 52.4 Å². The molecule has 5 nitrogen and oxygen atoms in total. The van der Waals surface area contributed by atoms with Crippen molar-refractivity contribution in [3.8, 4) is 5.75 Å². The summed E-state index contributed by atoms with van der Waals surface area (Å²) in [5, 5.41) is 18.0. The first-order valence-electron chi connectivity index (χ1n) is 6.93. The number of nitrogens with zero attached hydrogens (tertiary/aromatic N) is 2. The Morgan fingerprint density at radius 2 is 1.43 bits per heavy atom. The highest BCUT2D eigenvalue weighted by atomic mass is 16.3. The number of hydrogen-bond donors (Lipinski definition) is 3. The van der Waals surface area contributed by atoms with Gasteiger partial charge in [-0.05, 0) is 28.5 Å². The maximum atomic E-state index is 10.6. The van der Waals surface area contributed by atoms with Gasteiger partial charge in [0.15, 0.2) is 0 Å². The Morgan fingerprint density at radius 1 is 1.00 bits per heavy atom. The minimum Gasteiger partial charge on any atom is -0.507 e. The van der Waals surface area contributed by atoms with Crippen LogP contribution in [-0.2, 0) is 10.8 Å². The van der Waals surface area contributed by atoms with Gasteiger partial charge in [0.2, 0.25) is 5.96 Å². The van der Waals surface area contributed by atoms with Gasteiger partial charge >= 0.3 is 0 Å². The zero-order chi connectivity index (χ0) is 16.4. The summed E-state index contributed by atoms with van der Waals surface area (Å²) in [6, 6.07) is 3.83. The molecule has 116 valence electrons. The molecule has 0 aliphatic rings. The fourth-order valence-electron chi connectivity index (χ4n) is 2.04. The summed E-state index contributed by atoms with van der Waals surface area (Å²) in [4.78, 5) is 0. The maximum absolute atomic E-state index is 10.6. The smallest absolute Gasteiger partial charge is 0.211 e. The molecular formula is C16H26N4O. The van der Waals surface area contributed by atoms with Gasteiger partial charge in [-0.15, -0.1) is 5.10 Å². The molecule has 0 aliphatic heterocycles. The molecule has 0 heterocycles. The molecule has 21 heavy (non-hydrogen) atoms. The first-order valence-corrected chi connectivity index (χ1v) is 6.93. The summed E-state index contributed by atoms with van der Waals surface area (Å²) in [6.45, 7) is 12.4. The third-order valence-electron chi connectivity index (χ3n) is 3.13. The minimum absolute atomic E-state index is 0.0860. The Hall–Kier alpha value is -2.04. The van der Waals surface area contributed by atoms with Crippen molar-refractivity contribution in [2.24, 2.45) is 21.7 Å². The van der Waals surface area contributed by atoms with Crippen LogP contribution >= 0.6 is 0 Å². The first kappa shape index (κ1) is 17.0. The molecule has 1 rings (SSSR count). The van der Waals surface area contributed by atoms with Crippen molar-refractivity contribution in [1.29, 1.82) is 0 Å². The van der Waals surface area contributed by atoms with Crippen LogP contribution in [0, 0.1) is 0 Å². The monoisotopic (exact) mass is 290 g/mol. The quantitative estimate of drug-likeness (QED) is 0.443. The number of hydrogen-bond acceptors (Lipinski definition) is 3. The van der Waals surface area contributed by atoms with Crippen molar-refractivity contribution >= 4 is 12.2 Å². The Kier molecular flexibility index (Phi) is 4.66. The first-order chi connectivity index (χ1) is 9.43. The zero-order valence-corrected chi connectivity index (χ0v) is 13.7. The normalized spacial score (nSPS) is 12.7. The predicted molar refractivity (Wildman–Crippen MR) is 88.9 cm³/mol. The Labute approximate surface area is 126 Å². The highest BCUT2D eigenvalue weighted by molar-refractivity contribution is 5.83. The molecular weight excluding hydrogens is 264 g/mol. The third-order valence-corrected chi connectivity index (χ3v) is 3.13. The van der Waals surface area contributed by atoms with Crippen LogP contribution in [0.2, 0.25) is 0 Å². The number of guanidine groups is 1. The largest absolute Gasteiger partial charge is 0.507 e. The summed E-state index contributed by atoms with van der Waals surface area (Å²) < 4.78 is 0. The lowest BCUT2D eigenvalue weighted by Crippen LogP contribution is -2.21. The lowest BCUT2D eigenvalue weighted by Gasteiger charge is -2.27. The lowest BCUT2D eigenvalue weighted by molar-refractivity contribution is 0.423. The van der Waals surface area contributed by atoms with E-state index in [1.165, 1.54) is 0 Å². The van der Waals surface area contributed by atoms with Gasteiger partial charge < -0.3 is 16.6 Å². The molecule has 0 bridgehead atoms. The molecule has 1 aromatic carbocycles. The van der Waals surface area contributed by atoms with Gasteiger partial charge in [-0.3, -0.25) is 0 Å². The van der Waals surface area contributed by atoms with Crippen LogP contribution in [0.5, 0.6) is 5.75 Å². The zero-order valence-electron chi connectivity index (χ0n) is 13.7. The molecule has 0 aliphatic carbocycles. The second kappa shape index (κ2) is 5.76. The van der Waals surface area contributed by atoms with E-state index in [1.54, 1.807) is 6.21 Å². The summed E-state index contributed by atoms with van der Waals surface area (Å²) in [5.41, 5.74) is 12.8. The van der Waals surface area contributed by atoms with Crippen LogP contribution in [0.3, 0.4) is 0 Å². The second-order valence-electron chi connectivity index (χ2n) is 7.23. The van der Waals surface area contributed by atoms with Crippen LogP contribution < -0.4 is 11.5 Å². The van der Waals surface area contributed by atoms with E-state index in [-0.39, 0.29) is 16.8 Å². The van der Waals surface area contributed by atoms with Gasteiger partial charge in [0.1, 0.15) is 5.75 Å². The molecule has 0 saturated heterocycles. The summed E-state index contributed by atoms with van der Waals surface area (Å²) in [5.74, 6) is 0.256. The molecule has 0 fully saturated rings. The third kappa shape index (κ3) is 4.48. The highest BCUT2D eigenvalue weighted by Gasteiger charge is 2.26. The van der Waals surface area contributed by atoms with Gasteiger partial charge in [0.05, 0.1) is 6.21 Å². The van der Waals surface area contributed by atoms with E-state index in [9.17, 15) is 5.11 Å². The number of nitrogens with two attached hydrogens (primary N) is 2. The van der Waals surface area contributed by atoms with E-state index < -0.39 is 0 Å². The molecule has 5 heteroatoms. The molecule has 0 amide bonds. The van der Waals surface area contributed by atoms with E-state index in [2.05, 4.69) is 51.7 Å². The molecule has 0 saturated carbocycles. The standard InChI is InChI=1S/C16H26N4O/c1-15(2,3)11-7-10(9-19-20-14(17)18)8-12(13(11)21)16(4,5)6/h7-9,21H,1-6H3,(H4,17,18,20)/b19-9+. The summed E-state index contributed by atoms with van der Waals surface area (Å²) in [7, 11) is 0. The SMILES string of the molecule is CC(C)(C)c1cc(/C=N/N=C(N)N)cc(C(C)(C)C)c1O. The Bertz CT molecular complexity index is 536. The van der Waals surface area contributed by atoms with Crippen molar-refractivity contribution in [3.05, 3.63) is 28.8 Å². The van der Waals surface area contributed by atoms with Gasteiger partial charge in [0, 0.05) is 11.1 Å². The van der Waals surface area contributed by atoms with Gasteiger partial charge in [-0.25, -0.2) is 0 Å². The average molecular weight is 290 g/mol. The second-order valence-corrected chi connectivity index (χ2v) is 7.23. The number of rotatable bonds is 2. The van der Waals surface area contributed by atoms with E-state index in [1.807, 2.05) is 12.1 Å². The van der Waals surface area contributed by atoms with Gasteiger partial charge in [0.25, 0.3) is 0 Å². The number of phenolic OH excluding ortho intramolecular Hbond substituents is 1. The fraction of sp³-hybridized carbons (Fsp3) is 0.500. The predicted octanol–water partition coefficient (Wildman–Crippen LogP) is 2.59. The Balaban J connectivity index is 3.48. The minimum atomic E-state index is -0.176. The lowest BCUT2D eigenvalue weighted by atomic mass is 9.78. The van der Waals surface area contributed by atoms with Crippen LogP contribution in [0.4, 0.5) is 0 Å². The van der Waals surface area contributed by atoms with E-state index in [4.69, 9.17) is 11.5 Å². The number of aromatic hydroxyl groups is 1. The van der Waals surface area contributed by atoms with Crippen molar-refractivity contribution in [1.82, 2.24) is 0 Å². The molecule has 1 aromatic rings. The molecule has 0 radical (unpaired) electrons. The average Bonchev–Trinajstić information content (AvgIpc) is 2.27. The molecule has 0 aromatic heterocycles. The van der Waals surface area contributed by atoms with Gasteiger partial charge in [-0.2, -0.15) is 5.10 Å². The maximum Gasteiger partial charge on any atom is 0.211 e. The topological polar surface area (TPSA) is 97.0 Å². The number of phenols is 1. The highest BCUT2D eigenvalue weighted by Crippen LogP contribution is 2.39. The van der Waals surface area contributed by atoms with Crippen LogP contribution in [0.1, 0.15) is 58.2 Å². The fourth-order valence-corrected chi connectivity index (χ4v) is 2.04. The van der Waals surface area contributed by atoms with Crippen molar-refractivity contribution < 1.29 is 5.11 Å². The van der Waals surface area contributed by atoms with Crippen LogP contribution in [0.15, 0.2) is 22.3 Å². The van der Waals surface area contributed by atoms with E-state index in [0.717, 1.165) is 16.7 Å². The molecule has 5 N–H and O–H groups in total. The van der Waals surface area contributed by atoms with Crippen molar-refractivity contribution in [2.75, 3.05) is 0 Å². The summed E-state index contributed by atoms with van der Waals surface area (Å²) in [6.07, 6.45) is 1.59. The molecule has 0 unspecified atom stereocenters. The Morgan fingerprint density at radius 3 is 1.76 bits per heavy atom. The van der Waals surface area contributed by atoms with E-state index >= 15 is 0 Å². The van der Waals surface area contributed by atoms with Crippen LogP contribution in [-0.4, -0.2) is 17.3 Å². The molecule has 0 spiro atoms. The number of benzene rings is 1. The van der Waals surface area contributed by atoms with Crippen LogP contribution in [0.25, 0.3) is 0 Å². The molecule has 0 atom stereocenters. The van der Waals surface area contributed by atoms with E-state index in [0.29, 0.717) is 5.75 Å².